The standard InChI is InChI=1S/C24H29NO4/c1-25(2)15-17-3-6-19(7-4-17)20-9-11-22(12-10-20)28-24(26)14-18-5-8-21-16-27-29-23(21)13-18/h3-8,13,20,22H,9-12,14-16H2,1-2H3/t20-,22-. The van der Waals surface area contributed by atoms with Crippen LogP contribution in [0.2, 0.25) is 0 Å². The zero-order chi connectivity index (χ0) is 20.2. The lowest BCUT2D eigenvalue weighted by Gasteiger charge is -2.28. The molecule has 29 heavy (non-hydrogen) atoms. The Kier molecular flexibility index (Phi) is 6.16. The molecule has 154 valence electrons. The van der Waals surface area contributed by atoms with Gasteiger partial charge >= 0.3 is 5.97 Å². The third-order valence-corrected chi connectivity index (χ3v) is 5.77. The molecule has 1 aliphatic carbocycles. The van der Waals surface area contributed by atoms with Crippen LogP contribution in [0.1, 0.15) is 53.9 Å². The van der Waals surface area contributed by atoms with E-state index in [4.69, 9.17) is 14.5 Å². The van der Waals surface area contributed by atoms with Crippen LogP contribution < -0.4 is 4.89 Å². The predicted molar refractivity (Wildman–Crippen MR) is 110 cm³/mol. The van der Waals surface area contributed by atoms with Gasteiger partial charge in [-0.2, -0.15) is 4.89 Å². The maximum Gasteiger partial charge on any atom is 0.310 e. The first-order chi connectivity index (χ1) is 14.1. The van der Waals surface area contributed by atoms with Crippen molar-refractivity contribution in [2.75, 3.05) is 14.1 Å². The largest absolute Gasteiger partial charge is 0.462 e. The van der Waals surface area contributed by atoms with Gasteiger partial charge in [0, 0.05) is 12.1 Å². The summed E-state index contributed by atoms with van der Waals surface area (Å²) in [5.74, 6) is 1.10. The average Bonchev–Trinajstić information content (AvgIpc) is 3.16. The Labute approximate surface area is 172 Å². The van der Waals surface area contributed by atoms with Gasteiger partial charge < -0.3 is 14.5 Å². The summed E-state index contributed by atoms with van der Waals surface area (Å²) >= 11 is 0. The number of carbonyl (C=O) groups is 1. The van der Waals surface area contributed by atoms with Crippen LogP contribution in [0, 0.1) is 0 Å². The summed E-state index contributed by atoms with van der Waals surface area (Å²) in [7, 11) is 4.17. The number of hydrogen-bond donors (Lipinski definition) is 0. The Morgan fingerprint density at radius 1 is 1.03 bits per heavy atom. The monoisotopic (exact) mass is 395 g/mol. The van der Waals surface area contributed by atoms with Crippen molar-refractivity contribution in [3.63, 3.8) is 0 Å². The molecular weight excluding hydrogens is 366 g/mol. The zero-order valence-corrected chi connectivity index (χ0v) is 17.2. The molecule has 5 heteroatoms. The molecule has 1 heterocycles. The molecular formula is C24H29NO4. The van der Waals surface area contributed by atoms with Gasteiger partial charge in [-0.05, 0) is 68.5 Å². The van der Waals surface area contributed by atoms with Crippen molar-refractivity contribution >= 4 is 5.97 Å². The van der Waals surface area contributed by atoms with Gasteiger partial charge in [-0.1, -0.05) is 36.4 Å². The van der Waals surface area contributed by atoms with E-state index < -0.39 is 0 Å². The second-order valence-electron chi connectivity index (χ2n) is 8.41. The third kappa shape index (κ3) is 5.17. The van der Waals surface area contributed by atoms with E-state index in [0.717, 1.165) is 43.4 Å². The van der Waals surface area contributed by atoms with Gasteiger partial charge in [-0.15, -0.1) is 0 Å². The Morgan fingerprint density at radius 3 is 2.48 bits per heavy atom. The minimum absolute atomic E-state index is 0.0285. The minimum atomic E-state index is -0.166. The summed E-state index contributed by atoms with van der Waals surface area (Å²) in [6.45, 7) is 1.42. The summed E-state index contributed by atoms with van der Waals surface area (Å²) in [4.78, 5) is 24.6. The second-order valence-corrected chi connectivity index (χ2v) is 8.41. The lowest BCUT2D eigenvalue weighted by Crippen LogP contribution is -2.24. The fraction of sp³-hybridized carbons (Fsp3) is 0.458. The van der Waals surface area contributed by atoms with Crippen LogP contribution in [-0.4, -0.2) is 31.1 Å². The number of rotatable bonds is 6. The highest BCUT2D eigenvalue weighted by molar-refractivity contribution is 5.73. The molecule has 0 amide bonds. The number of hydrogen-bond acceptors (Lipinski definition) is 5. The molecule has 0 unspecified atom stereocenters. The number of carbonyl (C=O) groups excluding carboxylic acids is 1. The van der Waals surface area contributed by atoms with Crippen molar-refractivity contribution in [3.8, 4) is 5.75 Å². The zero-order valence-electron chi connectivity index (χ0n) is 17.2. The van der Waals surface area contributed by atoms with Crippen molar-refractivity contribution in [2.24, 2.45) is 0 Å². The number of nitrogens with zero attached hydrogens (tertiary/aromatic N) is 1. The summed E-state index contributed by atoms with van der Waals surface area (Å²) in [5, 5.41) is 0. The molecule has 0 radical (unpaired) electrons. The molecule has 0 atom stereocenters. The van der Waals surface area contributed by atoms with E-state index in [-0.39, 0.29) is 18.5 Å². The molecule has 2 aliphatic rings. The van der Waals surface area contributed by atoms with E-state index in [2.05, 4.69) is 43.3 Å². The molecule has 0 aromatic heterocycles. The summed E-state index contributed by atoms with van der Waals surface area (Å²) < 4.78 is 5.75. The molecule has 0 spiro atoms. The first-order valence-corrected chi connectivity index (χ1v) is 10.4. The lowest BCUT2D eigenvalue weighted by atomic mass is 9.82. The molecule has 0 bridgehead atoms. The quantitative estimate of drug-likeness (QED) is 0.536. The van der Waals surface area contributed by atoms with Crippen LogP contribution in [0.15, 0.2) is 42.5 Å². The van der Waals surface area contributed by atoms with Crippen molar-refractivity contribution < 1.29 is 19.3 Å². The van der Waals surface area contributed by atoms with E-state index in [9.17, 15) is 4.79 Å². The summed E-state index contributed by atoms with van der Waals surface area (Å²) in [6, 6.07) is 14.7. The van der Waals surface area contributed by atoms with Gasteiger partial charge in [0.15, 0.2) is 5.75 Å². The number of benzene rings is 2. The third-order valence-electron chi connectivity index (χ3n) is 5.77. The number of ether oxygens (including phenoxy) is 1. The molecule has 0 N–H and O–H groups in total. The highest BCUT2D eigenvalue weighted by Gasteiger charge is 2.25. The highest BCUT2D eigenvalue weighted by Crippen LogP contribution is 2.34. The van der Waals surface area contributed by atoms with Crippen molar-refractivity contribution in [1.82, 2.24) is 4.90 Å². The Morgan fingerprint density at radius 2 is 1.76 bits per heavy atom. The van der Waals surface area contributed by atoms with E-state index in [1.165, 1.54) is 11.1 Å². The van der Waals surface area contributed by atoms with Crippen molar-refractivity contribution in [2.45, 2.75) is 57.3 Å². The molecule has 1 aliphatic heterocycles. The van der Waals surface area contributed by atoms with E-state index in [1.54, 1.807) is 0 Å². The van der Waals surface area contributed by atoms with Gasteiger partial charge in [-0.3, -0.25) is 4.79 Å². The molecule has 1 saturated carbocycles. The van der Waals surface area contributed by atoms with Gasteiger partial charge in [-0.25, -0.2) is 0 Å². The van der Waals surface area contributed by atoms with E-state index in [0.29, 0.717) is 18.3 Å². The van der Waals surface area contributed by atoms with Crippen LogP contribution in [0.3, 0.4) is 0 Å². The Balaban J connectivity index is 1.24. The fourth-order valence-electron chi connectivity index (χ4n) is 4.23. The molecule has 1 fully saturated rings. The first kappa shape index (κ1) is 19.9. The van der Waals surface area contributed by atoms with Gasteiger partial charge in [0.2, 0.25) is 0 Å². The second kappa shape index (κ2) is 8.97. The van der Waals surface area contributed by atoms with E-state index in [1.807, 2.05) is 18.2 Å². The lowest BCUT2D eigenvalue weighted by molar-refractivity contribution is -0.194. The fourth-order valence-corrected chi connectivity index (χ4v) is 4.23. The highest BCUT2D eigenvalue weighted by atomic mass is 17.2. The van der Waals surface area contributed by atoms with Crippen LogP contribution in [-0.2, 0) is 34.0 Å². The van der Waals surface area contributed by atoms with Crippen LogP contribution in [0.4, 0.5) is 0 Å². The molecule has 0 saturated heterocycles. The average molecular weight is 395 g/mol. The van der Waals surface area contributed by atoms with Gasteiger partial charge in [0.05, 0.1) is 6.42 Å². The summed E-state index contributed by atoms with van der Waals surface area (Å²) in [5.41, 5.74) is 4.64. The van der Waals surface area contributed by atoms with Crippen LogP contribution in [0.5, 0.6) is 5.75 Å². The maximum atomic E-state index is 12.4. The number of esters is 1. The van der Waals surface area contributed by atoms with Gasteiger partial charge in [0.1, 0.15) is 12.7 Å². The van der Waals surface area contributed by atoms with Crippen molar-refractivity contribution in [3.05, 3.63) is 64.7 Å². The van der Waals surface area contributed by atoms with Gasteiger partial charge in [0.25, 0.3) is 0 Å². The SMILES string of the molecule is CN(C)Cc1ccc([C@H]2CC[C@H](OC(=O)Cc3ccc4c(c3)OOC4)CC2)cc1. The van der Waals surface area contributed by atoms with Crippen LogP contribution >= 0.6 is 0 Å². The Hall–Kier alpha value is -2.37. The number of fused-ring (bicyclic) bond motifs is 1. The van der Waals surface area contributed by atoms with Crippen LogP contribution in [0.25, 0.3) is 0 Å². The smallest absolute Gasteiger partial charge is 0.310 e. The molecule has 2 aromatic carbocycles. The maximum absolute atomic E-state index is 12.4. The topological polar surface area (TPSA) is 48.0 Å². The molecule has 4 rings (SSSR count). The first-order valence-electron chi connectivity index (χ1n) is 10.4. The summed E-state index contributed by atoms with van der Waals surface area (Å²) in [6.07, 6.45) is 4.28. The molecule has 5 nitrogen and oxygen atoms in total. The van der Waals surface area contributed by atoms with Crippen molar-refractivity contribution in [1.29, 1.82) is 0 Å². The molecule has 2 aromatic rings. The Bertz CT molecular complexity index is 838. The predicted octanol–water partition coefficient (Wildman–Crippen LogP) is 4.38. The van der Waals surface area contributed by atoms with E-state index >= 15 is 0 Å². The normalized spacial score (nSPS) is 20.9. The minimum Gasteiger partial charge on any atom is -0.462 e.